The highest BCUT2D eigenvalue weighted by Crippen LogP contribution is 2.24. The summed E-state index contributed by atoms with van der Waals surface area (Å²) in [6.45, 7) is 2.15. The smallest absolute Gasteiger partial charge is 0.227 e. The minimum absolute atomic E-state index is 0.0197. The van der Waals surface area contributed by atoms with Crippen molar-refractivity contribution in [2.24, 2.45) is 0 Å². The zero-order valence-electron chi connectivity index (χ0n) is 16.1. The molecule has 1 aliphatic rings. The van der Waals surface area contributed by atoms with Gasteiger partial charge in [0.1, 0.15) is 0 Å². The van der Waals surface area contributed by atoms with Gasteiger partial charge in [-0.25, -0.2) is 0 Å². The fourth-order valence-electron chi connectivity index (χ4n) is 3.69. The first-order chi connectivity index (χ1) is 13.6. The van der Waals surface area contributed by atoms with Gasteiger partial charge in [0.2, 0.25) is 12.3 Å². The zero-order valence-corrected chi connectivity index (χ0v) is 16.1. The zero-order chi connectivity index (χ0) is 19.9. The number of hydrogen-bond donors (Lipinski definition) is 2. The van der Waals surface area contributed by atoms with Crippen molar-refractivity contribution < 1.29 is 14.7 Å². The summed E-state index contributed by atoms with van der Waals surface area (Å²) in [6, 6.07) is 17.2. The summed E-state index contributed by atoms with van der Waals surface area (Å²) in [5, 5.41) is 12.5. The number of hydrogen-bond acceptors (Lipinski definition) is 4. The third kappa shape index (κ3) is 4.97. The quantitative estimate of drug-likeness (QED) is 0.687. The van der Waals surface area contributed by atoms with E-state index < -0.39 is 0 Å². The molecule has 0 radical (unpaired) electrons. The Morgan fingerprint density at radius 1 is 1.25 bits per heavy atom. The number of likely N-dealkylation sites (N-methyl/N-ethyl adjacent to an activating group) is 1. The Bertz CT molecular complexity index is 797. The number of para-hydroxylation sites is 1. The topological polar surface area (TPSA) is 72.9 Å². The molecule has 3 rings (SSSR count). The standard InChI is InChI=1S/C22H27N3O3/c1-24(22(28)13-18-9-5-6-10-20(18)23-16-26)21(17-7-3-2-4-8-17)15-25-12-11-19(27)14-25/h2-10,16,19,21,27H,11-15H2,1H3,(H,23,26). The summed E-state index contributed by atoms with van der Waals surface area (Å²) >= 11 is 0. The Kier molecular flexibility index (Phi) is 6.79. The molecule has 1 aliphatic heterocycles. The highest BCUT2D eigenvalue weighted by molar-refractivity contribution is 5.83. The Morgan fingerprint density at radius 3 is 2.64 bits per heavy atom. The highest BCUT2D eigenvalue weighted by Gasteiger charge is 2.28. The molecule has 0 spiro atoms. The third-order valence-corrected chi connectivity index (χ3v) is 5.30. The van der Waals surface area contributed by atoms with Crippen molar-refractivity contribution in [1.82, 2.24) is 9.80 Å². The van der Waals surface area contributed by atoms with Crippen LogP contribution in [-0.2, 0) is 16.0 Å². The lowest BCUT2D eigenvalue weighted by atomic mass is 10.0. The van der Waals surface area contributed by atoms with Crippen LogP contribution in [0.1, 0.15) is 23.6 Å². The molecule has 2 atom stereocenters. The van der Waals surface area contributed by atoms with Crippen molar-refractivity contribution in [2.75, 3.05) is 32.0 Å². The molecule has 6 heteroatoms. The van der Waals surface area contributed by atoms with Crippen LogP contribution in [-0.4, -0.2) is 60.0 Å². The number of carbonyl (C=O) groups is 2. The second-order valence-corrected chi connectivity index (χ2v) is 7.23. The number of likely N-dealkylation sites (tertiary alicyclic amines) is 1. The minimum Gasteiger partial charge on any atom is -0.392 e. The molecule has 1 fully saturated rings. The van der Waals surface area contributed by atoms with E-state index in [1.807, 2.05) is 55.6 Å². The molecule has 0 aromatic heterocycles. The number of benzene rings is 2. The molecule has 1 heterocycles. The van der Waals surface area contributed by atoms with Gasteiger partial charge in [-0.05, 0) is 23.6 Å². The maximum atomic E-state index is 13.1. The number of anilines is 1. The van der Waals surface area contributed by atoms with Gasteiger partial charge in [-0.15, -0.1) is 0 Å². The fraction of sp³-hybridized carbons (Fsp3) is 0.364. The van der Waals surface area contributed by atoms with E-state index >= 15 is 0 Å². The van der Waals surface area contributed by atoms with Crippen LogP contribution in [0.25, 0.3) is 0 Å². The van der Waals surface area contributed by atoms with Crippen molar-refractivity contribution in [3.05, 3.63) is 65.7 Å². The number of rotatable bonds is 8. The molecular formula is C22H27N3O3. The van der Waals surface area contributed by atoms with E-state index in [9.17, 15) is 14.7 Å². The molecule has 0 saturated carbocycles. The van der Waals surface area contributed by atoms with E-state index in [0.717, 1.165) is 24.1 Å². The first-order valence-electron chi connectivity index (χ1n) is 9.57. The van der Waals surface area contributed by atoms with Crippen molar-refractivity contribution in [3.63, 3.8) is 0 Å². The van der Waals surface area contributed by atoms with Gasteiger partial charge in [-0.2, -0.15) is 0 Å². The monoisotopic (exact) mass is 381 g/mol. The molecule has 0 bridgehead atoms. The molecule has 1 saturated heterocycles. The number of amides is 2. The summed E-state index contributed by atoms with van der Waals surface area (Å²) in [5.74, 6) is -0.0197. The largest absolute Gasteiger partial charge is 0.392 e. The molecule has 2 N–H and O–H groups in total. The predicted molar refractivity (Wildman–Crippen MR) is 109 cm³/mol. The van der Waals surface area contributed by atoms with Gasteiger partial charge in [0.25, 0.3) is 0 Å². The van der Waals surface area contributed by atoms with Crippen LogP contribution >= 0.6 is 0 Å². The maximum absolute atomic E-state index is 13.1. The van der Waals surface area contributed by atoms with E-state index in [1.54, 1.807) is 11.0 Å². The van der Waals surface area contributed by atoms with Crippen LogP contribution in [0.15, 0.2) is 54.6 Å². The van der Waals surface area contributed by atoms with Crippen LogP contribution < -0.4 is 5.32 Å². The fourth-order valence-corrected chi connectivity index (χ4v) is 3.69. The Balaban J connectivity index is 1.77. The summed E-state index contributed by atoms with van der Waals surface area (Å²) < 4.78 is 0. The molecule has 2 aromatic rings. The predicted octanol–water partition coefficient (Wildman–Crippen LogP) is 2.06. The van der Waals surface area contributed by atoms with Crippen molar-refractivity contribution in [3.8, 4) is 0 Å². The van der Waals surface area contributed by atoms with E-state index in [-0.39, 0.29) is 24.5 Å². The second-order valence-electron chi connectivity index (χ2n) is 7.23. The molecule has 2 aromatic carbocycles. The molecular weight excluding hydrogens is 354 g/mol. The third-order valence-electron chi connectivity index (χ3n) is 5.30. The summed E-state index contributed by atoms with van der Waals surface area (Å²) in [6.07, 6.45) is 1.31. The number of carbonyl (C=O) groups excluding carboxylic acids is 2. The normalized spacial score (nSPS) is 17.9. The van der Waals surface area contributed by atoms with Crippen molar-refractivity contribution in [1.29, 1.82) is 0 Å². The number of β-amino-alcohol motifs (C(OH)–C–C–N with tert-alkyl or cyclic N) is 1. The second kappa shape index (κ2) is 9.48. The van der Waals surface area contributed by atoms with Crippen LogP contribution in [0.2, 0.25) is 0 Å². The molecule has 2 amide bonds. The lowest BCUT2D eigenvalue weighted by molar-refractivity contribution is -0.131. The number of aliphatic hydroxyl groups excluding tert-OH is 1. The van der Waals surface area contributed by atoms with E-state index in [0.29, 0.717) is 25.2 Å². The van der Waals surface area contributed by atoms with E-state index in [1.165, 1.54) is 0 Å². The van der Waals surface area contributed by atoms with Gasteiger partial charge < -0.3 is 15.3 Å². The average molecular weight is 381 g/mol. The van der Waals surface area contributed by atoms with Crippen LogP contribution in [0.3, 0.4) is 0 Å². The SMILES string of the molecule is CN(C(=O)Cc1ccccc1NC=O)C(CN1CCC(O)C1)c1ccccc1. The van der Waals surface area contributed by atoms with Crippen LogP contribution in [0, 0.1) is 0 Å². The Hall–Kier alpha value is -2.70. The lowest BCUT2D eigenvalue weighted by Gasteiger charge is -2.32. The number of nitrogens with one attached hydrogen (secondary N) is 1. The Labute approximate surface area is 165 Å². The maximum Gasteiger partial charge on any atom is 0.227 e. The van der Waals surface area contributed by atoms with Gasteiger partial charge in [-0.3, -0.25) is 14.5 Å². The van der Waals surface area contributed by atoms with E-state index in [2.05, 4.69) is 10.2 Å². The average Bonchev–Trinajstić information content (AvgIpc) is 3.13. The van der Waals surface area contributed by atoms with Crippen LogP contribution in [0.4, 0.5) is 5.69 Å². The highest BCUT2D eigenvalue weighted by atomic mass is 16.3. The lowest BCUT2D eigenvalue weighted by Crippen LogP contribution is -2.39. The van der Waals surface area contributed by atoms with Gasteiger partial charge in [0.15, 0.2) is 0 Å². The molecule has 28 heavy (non-hydrogen) atoms. The summed E-state index contributed by atoms with van der Waals surface area (Å²) in [7, 11) is 1.82. The van der Waals surface area contributed by atoms with Gasteiger partial charge in [-0.1, -0.05) is 48.5 Å². The van der Waals surface area contributed by atoms with Crippen molar-refractivity contribution >= 4 is 18.0 Å². The first-order valence-corrected chi connectivity index (χ1v) is 9.57. The molecule has 6 nitrogen and oxygen atoms in total. The molecule has 2 unspecified atom stereocenters. The summed E-state index contributed by atoms with van der Waals surface area (Å²) in [5.41, 5.74) is 2.51. The van der Waals surface area contributed by atoms with E-state index in [4.69, 9.17) is 0 Å². The van der Waals surface area contributed by atoms with Gasteiger partial charge in [0.05, 0.1) is 18.6 Å². The van der Waals surface area contributed by atoms with Crippen LogP contribution in [0.5, 0.6) is 0 Å². The molecule has 0 aliphatic carbocycles. The number of aliphatic hydroxyl groups is 1. The minimum atomic E-state index is -0.293. The molecule has 148 valence electrons. The number of nitrogens with zero attached hydrogens (tertiary/aromatic N) is 2. The van der Waals surface area contributed by atoms with Gasteiger partial charge in [0, 0.05) is 32.4 Å². The summed E-state index contributed by atoms with van der Waals surface area (Å²) in [4.78, 5) is 27.9. The van der Waals surface area contributed by atoms with Crippen molar-refractivity contribution in [2.45, 2.75) is 25.0 Å². The Morgan fingerprint density at radius 2 is 1.96 bits per heavy atom. The van der Waals surface area contributed by atoms with Gasteiger partial charge >= 0.3 is 0 Å². The first kappa shape index (κ1) is 20.0.